The number of nitrogens with one attached hydrogen (secondary N) is 1. The minimum atomic E-state index is 0.760. The van der Waals surface area contributed by atoms with Crippen molar-refractivity contribution in [3.05, 3.63) is 36.5 Å². The Morgan fingerprint density at radius 3 is 2.95 bits per heavy atom. The minimum Gasteiger partial charge on any atom is -0.497 e. The van der Waals surface area contributed by atoms with Crippen LogP contribution in [-0.2, 0) is 0 Å². The molecule has 1 aromatic carbocycles. The number of anilines is 2. The molecule has 2 aromatic heterocycles. The van der Waals surface area contributed by atoms with Crippen LogP contribution in [0.5, 0.6) is 5.75 Å². The van der Waals surface area contributed by atoms with Crippen LogP contribution in [0.15, 0.2) is 46.6 Å². The monoisotopic (exact) mass is 282 g/mol. The largest absolute Gasteiger partial charge is 0.497 e. The van der Waals surface area contributed by atoms with Crippen molar-refractivity contribution in [2.75, 3.05) is 12.4 Å². The van der Waals surface area contributed by atoms with Gasteiger partial charge in [-0.3, -0.25) is 0 Å². The van der Waals surface area contributed by atoms with Crippen molar-refractivity contribution in [1.29, 1.82) is 0 Å². The molecule has 3 heterocycles. The first-order valence-electron chi connectivity index (χ1n) is 6.09. The van der Waals surface area contributed by atoms with Gasteiger partial charge in [-0.2, -0.15) is 0 Å². The fraction of sp³-hybridized carbons (Fsp3) is 0.0714. The van der Waals surface area contributed by atoms with Gasteiger partial charge >= 0.3 is 0 Å². The van der Waals surface area contributed by atoms with Crippen LogP contribution in [0.3, 0.4) is 0 Å². The molecule has 0 saturated heterocycles. The van der Waals surface area contributed by atoms with Crippen molar-refractivity contribution in [1.82, 2.24) is 15.0 Å². The van der Waals surface area contributed by atoms with Gasteiger partial charge in [0.25, 0.3) is 0 Å². The van der Waals surface area contributed by atoms with Gasteiger partial charge in [-0.1, -0.05) is 0 Å². The third-order valence-electron chi connectivity index (χ3n) is 3.06. The summed E-state index contributed by atoms with van der Waals surface area (Å²) in [4.78, 5) is 13.6. The van der Waals surface area contributed by atoms with E-state index in [1.807, 2.05) is 30.3 Å². The van der Waals surface area contributed by atoms with Crippen LogP contribution >= 0.6 is 11.8 Å². The zero-order valence-corrected chi connectivity index (χ0v) is 11.4. The van der Waals surface area contributed by atoms with Crippen LogP contribution < -0.4 is 10.1 Å². The molecule has 6 heteroatoms. The third-order valence-corrected chi connectivity index (χ3v) is 4.05. The van der Waals surface area contributed by atoms with E-state index in [0.29, 0.717) is 0 Å². The number of benzene rings is 1. The fourth-order valence-corrected chi connectivity index (χ4v) is 2.95. The number of rotatable bonds is 1. The molecule has 0 saturated carbocycles. The Labute approximate surface area is 119 Å². The molecule has 0 fully saturated rings. The maximum Gasteiger partial charge on any atom is 0.164 e. The van der Waals surface area contributed by atoms with Crippen LogP contribution in [0.2, 0.25) is 0 Å². The van der Waals surface area contributed by atoms with Crippen molar-refractivity contribution in [3.8, 4) is 5.75 Å². The Kier molecular flexibility index (Phi) is 2.50. The van der Waals surface area contributed by atoms with Gasteiger partial charge in [0.05, 0.1) is 23.8 Å². The molecular weight excluding hydrogens is 272 g/mol. The van der Waals surface area contributed by atoms with Crippen LogP contribution in [-0.4, -0.2) is 22.1 Å². The molecule has 0 radical (unpaired) electrons. The highest BCUT2D eigenvalue weighted by molar-refractivity contribution is 7.99. The lowest BCUT2D eigenvalue weighted by molar-refractivity contribution is 0.415. The predicted octanol–water partition coefficient (Wildman–Crippen LogP) is 3.24. The highest BCUT2D eigenvalue weighted by Gasteiger charge is 2.19. The van der Waals surface area contributed by atoms with Gasteiger partial charge in [-0.25, -0.2) is 15.0 Å². The second-order valence-corrected chi connectivity index (χ2v) is 5.29. The number of methoxy groups -OCH3 is 1. The van der Waals surface area contributed by atoms with E-state index in [9.17, 15) is 0 Å². The molecule has 0 spiro atoms. The van der Waals surface area contributed by atoms with E-state index in [2.05, 4.69) is 20.3 Å². The normalized spacial score (nSPS) is 12.4. The molecule has 20 heavy (non-hydrogen) atoms. The van der Waals surface area contributed by atoms with Crippen molar-refractivity contribution in [3.63, 3.8) is 0 Å². The van der Waals surface area contributed by atoms with Crippen molar-refractivity contribution < 1.29 is 4.74 Å². The summed E-state index contributed by atoms with van der Waals surface area (Å²) in [5.74, 6) is 1.54. The summed E-state index contributed by atoms with van der Waals surface area (Å²) < 4.78 is 5.22. The molecule has 4 rings (SSSR count). The van der Waals surface area contributed by atoms with E-state index in [-0.39, 0.29) is 0 Å². The van der Waals surface area contributed by atoms with Crippen LogP contribution in [0.1, 0.15) is 0 Å². The van der Waals surface area contributed by atoms with E-state index >= 15 is 0 Å². The molecule has 1 aliphatic heterocycles. The van der Waals surface area contributed by atoms with Crippen molar-refractivity contribution >= 4 is 34.3 Å². The molecule has 1 aliphatic rings. The standard InChI is InChI=1S/C14H10N4OS/c1-19-8-4-5-9-11(7-8)17-12-14(18-9)20-13-10(16-12)3-2-6-15-13/h2-7H,1H3,(H,16,17). The quantitative estimate of drug-likeness (QED) is 0.578. The molecule has 0 atom stereocenters. The summed E-state index contributed by atoms with van der Waals surface area (Å²) in [5.41, 5.74) is 2.61. The molecule has 5 nitrogen and oxygen atoms in total. The van der Waals surface area contributed by atoms with Gasteiger partial charge in [0.15, 0.2) is 5.82 Å². The SMILES string of the molecule is COc1ccc2nc3c(nc2c1)Nc1cccnc1S3. The van der Waals surface area contributed by atoms with Gasteiger partial charge in [0.1, 0.15) is 15.8 Å². The number of fused-ring (bicyclic) bond motifs is 3. The van der Waals surface area contributed by atoms with Crippen molar-refractivity contribution in [2.24, 2.45) is 0 Å². The van der Waals surface area contributed by atoms with Gasteiger partial charge < -0.3 is 10.1 Å². The Balaban J connectivity index is 1.87. The highest BCUT2D eigenvalue weighted by atomic mass is 32.2. The highest BCUT2D eigenvalue weighted by Crippen LogP contribution is 2.41. The van der Waals surface area contributed by atoms with Crippen molar-refractivity contribution in [2.45, 2.75) is 10.1 Å². The molecular formula is C14H10N4OS. The number of ether oxygens (including phenoxy) is 1. The molecule has 0 aliphatic carbocycles. The molecule has 0 unspecified atom stereocenters. The average molecular weight is 282 g/mol. The maximum atomic E-state index is 5.22. The first-order chi connectivity index (χ1) is 9.83. The summed E-state index contributed by atoms with van der Waals surface area (Å²) >= 11 is 1.53. The predicted molar refractivity (Wildman–Crippen MR) is 77.7 cm³/mol. The molecule has 98 valence electrons. The van der Waals surface area contributed by atoms with Gasteiger partial charge in [0, 0.05) is 12.3 Å². The van der Waals surface area contributed by atoms with E-state index in [1.165, 1.54) is 11.8 Å². The fourth-order valence-electron chi connectivity index (χ4n) is 2.08. The number of hydrogen-bond donors (Lipinski definition) is 1. The number of hydrogen-bond acceptors (Lipinski definition) is 6. The smallest absolute Gasteiger partial charge is 0.164 e. The summed E-state index contributed by atoms with van der Waals surface area (Å²) in [6, 6.07) is 9.56. The number of aromatic nitrogens is 3. The lowest BCUT2D eigenvalue weighted by Gasteiger charge is -2.18. The number of nitrogens with zero attached hydrogens (tertiary/aromatic N) is 3. The van der Waals surface area contributed by atoms with Gasteiger partial charge in [-0.05, 0) is 36.0 Å². The Hall–Kier alpha value is -2.34. The minimum absolute atomic E-state index is 0.760. The van der Waals surface area contributed by atoms with E-state index < -0.39 is 0 Å². The zero-order chi connectivity index (χ0) is 13.5. The van der Waals surface area contributed by atoms with Crippen LogP contribution in [0.4, 0.5) is 11.5 Å². The number of pyridine rings is 1. The van der Waals surface area contributed by atoms with Crippen LogP contribution in [0, 0.1) is 0 Å². The molecule has 0 amide bonds. The first-order valence-corrected chi connectivity index (χ1v) is 6.91. The molecule has 1 N–H and O–H groups in total. The topological polar surface area (TPSA) is 59.9 Å². The van der Waals surface area contributed by atoms with E-state index in [4.69, 9.17) is 4.74 Å². The van der Waals surface area contributed by atoms with E-state index in [1.54, 1.807) is 13.3 Å². The molecule has 3 aromatic rings. The molecule has 0 bridgehead atoms. The lowest BCUT2D eigenvalue weighted by atomic mass is 10.3. The Morgan fingerprint density at radius 2 is 2.05 bits per heavy atom. The summed E-state index contributed by atoms with van der Waals surface area (Å²) in [7, 11) is 1.64. The summed E-state index contributed by atoms with van der Waals surface area (Å²) in [6.45, 7) is 0. The summed E-state index contributed by atoms with van der Waals surface area (Å²) in [6.07, 6.45) is 1.78. The zero-order valence-electron chi connectivity index (χ0n) is 10.6. The lowest BCUT2D eigenvalue weighted by Crippen LogP contribution is -2.05. The second-order valence-electron chi connectivity index (χ2n) is 4.32. The van der Waals surface area contributed by atoms with Crippen LogP contribution in [0.25, 0.3) is 11.0 Å². The van der Waals surface area contributed by atoms with Gasteiger partial charge in [-0.15, -0.1) is 0 Å². The summed E-state index contributed by atoms with van der Waals surface area (Å²) in [5, 5.41) is 5.03. The maximum absolute atomic E-state index is 5.22. The third kappa shape index (κ3) is 1.77. The van der Waals surface area contributed by atoms with E-state index in [0.717, 1.165) is 38.3 Å². The second kappa shape index (κ2) is 4.35. The first kappa shape index (κ1) is 11.5. The Bertz CT molecular complexity index is 821. The van der Waals surface area contributed by atoms with Gasteiger partial charge in [0.2, 0.25) is 0 Å². The average Bonchev–Trinajstić information content (AvgIpc) is 2.50. The Morgan fingerprint density at radius 1 is 1.10 bits per heavy atom.